The summed E-state index contributed by atoms with van der Waals surface area (Å²) in [4.78, 5) is 24.7. The molecule has 3 fully saturated rings. The molecule has 2 atom stereocenters. The van der Waals surface area contributed by atoms with Crippen LogP contribution in [-0.2, 0) is 9.59 Å². The Bertz CT molecular complexity index is 281. The van der Waals surface area contributed by atoms with Gasteiger partial charge in [0.1, 0.15) is 0 Å². The Balaban J connectivity index is 1.77. The van der Waals surface area contributed by atoms with Gasteiger partial charge in [0.05, 0.1) is 11.5 Å². The zero-order valence-electron chi connectivity index (χ0n) is 7.73. The minimum atomic E-state index is 0.0191. The Morgan fingerprint density at radius 1 is 1.14 bits per heavy atom. The fraction of sp³-hybridized carbons (Fsp3) is 0.778. The van der Waals surface area contributed by atoms with E-state index >= 15 is 0 Å². The molecular formula is C9H12N2O2S. The molecule has 1 aliphatic carbocycles. The molecule has 0 spiro atoms. The minimum absolute atomic E-state index is 0.0191. The van der Waals surface area contributed by atoms with Crippen LogP contribution in [0.25, 0.3) is 0 Å². The SMILES string of the molecule is O=C1CSCC(=O)N1C1C2CNCC21. The summed E-state index contributed by atoms with van der Waals surface area (Å²) >= 11 is 1.43. The van der Waals surface area contributed by atoms with E-state index < -0.39 is 0 Å². The topological polar surface area (TPSA) is 49.4 Å². The van der Waals surface area contributed by atoms with Crippen LogP contribution in [0, 0.1) is 11.8 Å². The van der Waals surface area contributed by atoms with Crippen molar-refractivity contribution >= 4 is 23.6 Å². The van der Waals surface area contributed by atoms with Crippen LogP contribution >= 0.6 is 11.8 Å². The summed E-state index contributed by atoms with van der Waals surface area (Å²) in [5.41, 5.74) is 0. The molecule has 5 heteroatoms. The number of carbonyl (C=O) groups is 2. The average Bonchev–Trinajstić information content (AvgIpc) is 2.62. The molecule has 14 heavy (non-hydrogen) atoms. The molecule has 0 radical (unpaired) electrons. The van der Waals surface area contributed by atoms with E-state index in [0.717, 1.165) is 13.1 Å². The van der Waals surface area contributed by atoms with Gasteiger partial charge < -0.3 is 5.32 Å². The summed E-state index contributed by atoms with van der Waals surface area (Å²) in [6, 6.07) is 0.233. The number of piperidine rings is 1. The molecule has 0 bridgehead atoms. The first-order valence-corrected chi connectivity index (χ1v) is 6.08. The van der Waals surface area contributed by atoms with Gasteiger partial charge in [-0.15, -0.1) is 11.8 Å². The summed E-state index contributed by atoms with van der Waals surface area (Å²) in [7, 11) is 0. The second-order valence-electron chi connectivity index (χ2n) is 4.13. The zero-order valence-corrected chi connectivity index (χ0v) is 8.55. The van der Waals surface area contributed by atoms with Crippen LogP contribution < -0.4 is 5.32 Å². The second-order valence-corrected chi connectivity index (χ2v) is 5.11. The molecule has 2 aliphatic heterocycles. The Kier molecular flexibility index (Phi) is 1.85. The molecule has 0 aromatic heterocycles. The lowest BCUT2D eigenvalue weighted by molar-refractivity contribution is -0.143. The van der Waals surface area contributed by atoms with Gasteiger partial charge >= 0.3 is 0 Å². The van der Waals surface area contributed by atoms with Crippen molar-refractivity contribution in [2.45, 2.75) is 6.04 Å². The molecule has 76 valence electrons. The molecular weight excluding hydrogens is 200 g/mol. The molecule has 2 saturated heterocycles. The summed E-state index contributed by atoms with van der Waals surface area (Å²) in [6.07, 6.45) is 0. The number of fused-ring (bicyclic) bond motifs is 1. The van der Waals surface area contributed by atoms with Crippen molar-refractivity contribution in [2.24, 2.45) is 11.8 Å². The van der Waals surface area contributed by atoms with E-state index in [2.05, 4.69) is 5.32 Å². The highest BCUT2D eigenvalue weighted by atomic mass is 32.2. The largest absolute Gasteiger partial charge is 0.316 e. The third kappa shape index (κ3) is 1.12. The fourth-order valence-corrected chi connectivity index (χ4v) is 3.33. The maximum atomic E-state index is 11.6. The number of imide groups is 1. The van der Waals surface area contributed by atoms with E-state index in [1.807, 2.05) is 0 Å². The second kappa shape index (κ2) is 2.97. The number of amides is 2. The third-order valence-corrected chi connectivity index (χ3v) is 4.24. The van der Waals surface area contributed by atoms with E-state index in [4.69, 9.17) is 0 Å². The Morgan fingerprint density at radius 2 is 1.71 bits per heavy atom. The van der Waals surface area contributed by atoms with Gasteiger partial charge in [0.25, 0.3) is 0 Å². The summed E-state index contributed by atoms with van der Waals surface area (Å²) < 4.78 is 0. The molecule has 0 aromatic carbocycles. The highest BCUT2D eigenvalue weighted by Crippen LogP contribution is 2.46. The maximum absolute atomic E-state index is 11.6. The van der Waals surface area contributed by atoms with Gasteiger partial charge in [0, 0.05) is 19.1 Å². The quantitative estimate of drug-likeness (QED) is 0.584. The van der Waals surface area contributed by atoms with Crippen LogP contribution in [-0.4, -0.2) is 47.4 Å². The van der Waals surface area contributed by atoms with Gasteiger partial charge in [-0.25, -0.2) is 0 Å². The first kappa shape index (κ1) is 8.73. The highest BCUT2D eigenvalue weighted by molar-refractivity contribution is 8.00. The maximum Gasteiger partial charge on any atom is 0.239 e. The molecule has 3 rings (SSSR count). The predicted octanol–water partition coefficient (Wildman–Crippen LogP) is -0.694. The van der Waals surface area contributed by atoms with Crippen molar-refractivity contribution in [3.63, 3.8) is 0 Å². The summed E-state index contributed by atoms with van der Waals surface area (Å²) in [6.45, 7) is 1.94. The molecule has 3 aliphatic rings. The summed E-state index contributed by atoms with van der Waals surface area (Å²) in [5, 5.41) is 3.27. The number of rotatable bonds is 1. The van der Waals surface area contributed by atoms with Crippen molar-refractivity contribution in [3.05, 3.63) is 0 Å². The molecule has 2 unspecified atom stereocenters. The first-order valence-electron chi connectivity index (χ1n) is 4.92. The standard InChI is InChI=1S/C9H12N2O2S/c12-7-3-14-4-8(13)11(7)9-5-1-10-2-6(5)9/h5-6,9-10H,1-4H2. The molecule has 0 aromatic rings. The molecule has 4 nitrogen and oxygen atoms in total. The Labute approximate surface area is 86.4 Å². The van der Waals surface area contributed by atoms with E-state index in [1.54, 1.807) is 0 Å². The predicted molar refractivity (Wildman–Crippen MR) is 52.8 cm³/mol. The Hall–Kier alpha value is -0.550. The number of hydrogen-bond acceptors (Lipinski definition) is 4. The van der Waals surface area contributed by atoms with Crippen LogP contribution in [0.3, 0.4) is 0 Å². The number of nitrogens with zero attached hydrogens (tertiary/aromatic N) is 1. The van der Waals surface area contributed by atoms with Crippen LogP contribution in [0.4, 0.5) is 0 Å². The van der Waals surface area contributed by atoms with Gasteiger partial charge in [-0.2, -0.15) is 0 Å². The lowest BCUT2D eigenvalue weighted by Gasteiger charge is -2.26. The average molecular weight is 212 g/mol. The molecule has 2 heterocycles. The number of thioether (sulfide) groups is 1. The smallest absolute Gasteiger partial charge is 0.239 e. The van der Waals surface area contributed by atoms with Crippen LogP contribution in [0.15, 0.2) is 0 Å². The third-order valence-electron chi connectivity index (χ3n) is 3.33. The lowest BCUT2D eigenvalue weighted by Crippen LogP contribution is -2.47. The minimum Gasteiger partial charge on any atom is -0.316 e. The van der Waals surface area contributed by atoms with Crippen LogP contribution in [0.2, 0.25) is 0 Å². The number of nitrogens with one attached hydrogen (secondary N) is 1. The van der Waals surface area contributed by atoms with E-state index in [9.17, 15) is 9.59 Å². The van der Waals surface area contributed by atoms with Crippen molar-refractivity contribution < 1.29 is 9.59 Å². The van der Waals surface area contributed by atoms with Gasteiger partial charge in [-0.05, 0) is 11.8 Å². The van der Waals surface area contributed by atoms with E-state index in [-0.39, 0.29) is 17.9 Å². The number of carbonyl (C=O) groups excluding carboxylic acids is 2. The first-order chi connectivity index (χ1) is 6.79. The van der Waals surface area contributed by atoms with Gasteiger partial charge in [0.15, 0.2) is 0 Å². The van der Waals surface area contributed by atoms with E-state index in [0.29, 0.717) is 23.3 Å². The Morgan fingerprint density at radius 3 is 2.29 bits per heavy atom. The van der Waals surface area contributed by atoms with Gasteiger partial charge in [0.2, 0.25) is 11.8 Å². The molecule has 2 amide bonds. The fourth-order valence-electron chi connectivity index (χ4n) is 2.60. The zero-order chi connectivity index (χ0) is 9.71. The van der Waals surface area contributed by atoms with Crippen molar-refractivity contribution in [1.82, 2.24) is 10.2 Å². The van der Waals surface area contributed by atoms with Gasteiger partial charge in [-0.3, -0.25) is 14.5 Å². The van der Waals surface area contributed by atoms with Crippen LogP contribution in [0.5, 0.6) is 0 Å². The number of hydrogen-bond donors (Lipinski definition) is 1. The van der Waals surface area contributed by atoms with Crippen molar-refractivity contribution in [2.75, 3.05) is 24.6 Å². The van der Waals surface area contributed by atoms with Gasteiger partial charge in [-0.1, -0.05) is 0 Å². The lowest BCUT2D eigenvalue weighted by atomic mass is 10.3. The van der Waals surface area contributed by atoms with Crippen molar-refractivity contribution in [1.29, 1.82) is 0 Å². The monoisotopic (exact) mass is 212 g/mol. The molecule has 1 saturated carbocycles. The van der Waals surface area contributed by atoms with E-state index in [1.165, 1.54) is 16.7 Å². The highest BCUT2D eigenvalue weighted by Gasteiger charge is 2.58. The van der Waals surface area contributed by atoms with Crippen LogP contribution in [0.1, 0.15) is 0 Å². The normalized spacial score (nSPS) is 41.4. The molecule has 1 N–H and O–H groups in total. The summed E-state index contributed by atoms with van der Waals surface area (Å²) in [5.74, 6) is 2.10. The van der Waals surface area contributed by atoms with Crippen molar-refractivity contribution in [3.8, 4) is 0 Å².